The summed E-state index contributed by atoms with van der Waals surface area (Å²) in [4.78, 5) is 24.6. The molecule has 0 unspecified atom stereocenters. The van der Waals surface area contributed by atoms with Crippen LogP contribution in [0.2, 0.25) is 0 Å². The molecule has 1 aliphatic rings. The SMILES string of the molecule is O=C(NC[C@H]1COCc2nc3ccccc3n21)c1cnccn1. The molecule has 0 saturated heterocycles. The van der Waals surface area contributed by atoms with Crippen molar-refractivity contribution < 1.29 is 9.53 Å². The molecule has 116 valence electrons. The summed E-state index contributed by atoms with van der Waals surface area (Å²) < 4.78 is 7.76. The fraction of sp³-hybridized carbons (Fsp3) is 0.250. The van der Waals surface area contributed by atoms with Crippen molar-refractivity contribution in [1.82, 2.24) is 24.8 Å². The number of benzene rings is 1. The summed E-state index contributed by atoms with van der Waals surface area (Å²) in [6.07, 6.45) is 4.49. The summed E-state index contributed by atoms with van der Waals surface area (Å²) in [5.41, 5.74) is 2.31. The molecule has 1 amide bonds. The van der Waals surface area contributed by atoms with Gasteiger partial charge < -0.3 is 14.6 Å². The van der Waals surface area contributed by atoms with Gasteiger partial charge in [-0.15, -0.1) is 0 Å². The molecule has 0 aliphatic carbocycles. The fourth-order valence-corrected chi connectivity index (χ4v) is 2.83. The van der Waals surface area contributed by atoms with Gasteiger partial charge in [-0.05, 0) is 12.1 Å². The van der Waals surface area contributed by atoms with Crippen molar-refractivity contribution in [3.05, 3.63) is 54.4 Å². The van der Waals surface area contributed by atoms with Crippen LogP contribution < -0.4 is 5.32 Å². The maximum absolute atomic E-state index is 12.1. The van der Waals surface area contributed by atoms with Crippen molar-refractivity contribution in [1.29, 1.82) is 0 Å². The second-order valence-electron chi connectivity index (χ2n) is 5.36. The molecule has 0 radical (unpaired) electrons. The van der Waals surface area contributed by atoms with E-state index >= 15 is 0 Å². The van der Waals surface area contributed by atoms with Gasteiger partial charge in [0.25, 0.3) is 5.91 Å². The van der Waals surface area contributed by atoms with Crippen LogP contribution in [0.1, 0.15) is 22.4 Å². The molecular weight excluding hydrogens is 294 g/mol. The highest BCUT2D eigenvalue weighted by atomic mass is 16.5. The zero-order valence-corrected chi connectivity index (χ0v) is 12.3. The first-order valence-corrected chi connectivity index (χ1v) is 7.41. The van der Waals surface area contributed by atoms with Gasteiger partial charge in [-0.2, -0.15) is 0 Å². The van der Waals surface area contributed by atoms with Gasteiger partial charge in [0.1, 0.15) is 18.1 Å². The minimum Gasteiger partial charge on any atom is -0.371 e. The average molecular weight is 309 g/mol. The molecule has 7 heteroatoms. The number of ether oxygens (including phenoxy) is 1. The summed E-state index contributed by atoms with van der Waals surface area (Å²) in [6.45, 7) is 1.47. The topological polar surface area (TPSA) is 81.9 Å². The Morgan fingerprint density at radius 3 is 3.13 bits per heavy atom. The van der Waals surface area contributed by atoms with Gasteiger partial charge in [-0.1, -0.05) is 12.1 Å². The minimum absolute atomic E-state index is 0.00627. The summed E-state index contributed by atoms with van der Waals surface area (Å²) >= 11 is 0. The number of fused-ring (bicyclic) bond motifs is 3. The number of hydrogen-bond donors (Lipinski definition) is 1. The van der Waals surface area contributed by atoms with Crippen molar-refractivity contribution in [3.8, 4) is 0 Å². The lowest BCUT2D eigenvalue weighted by molar-refractivity contribution is 0.0552. The van der Waals surface area contributed by atoms with Crippen LogP contribution in [0.3, 0.4) is 0 Å². The third-order valence-corrected chi connectivity index (χ3v) is 3.87. The monoisotopic (exact) mass is 309 g/mol. The quantitative estimate of drug-likeness (QED) is 0.789. The number of carbonyl (C=O) groups is 1. The lowest BCUT2D eigenvalue weighted by Crippen LogP contribution is -2.36. The van der Waals surface area contributed by atoms with Crippen LogP contribution in [0.25, 0.3) is 11.0 Å². The van der Waals surface area contributed by atoms with E-state index in [4.69, 9.17) is 4.74 Å². The third kappa shape index (κ3) is 2.55. The first-order valence-electron chi connectivity index (χ1n) is 7.41. The molecule has 0 saturated carbocycles. The van der Waals surface area contributed by atoms with Crippen LogP contribution in [-0.4, -0.2) is 38.6 Å². The van der Waals surface area contributed by atoms with Gasteiger partial charge >= 0.3 is 0 Å². The first-order chi connectivity index (χ1) is 11.3. The molecule has 0 spiro atoms. The van der Waals surface area contributed by atoms with E-state index in [9.17, 15) is 4.79 Å². The number of amides is 1. The summed E-state index contributed by atoms with van der Waals surface area (Å²) in [6, 6.07) is 7.98. The number of hydrogen-bond acceptors (Lipinski definition) is 5. The fourth-order valence-electron chi connectivity index (χ4n) is 2.83. The predicted molar refractivity (Wildman–Crippen MR) is 82.8 cm³/mol. The first kappa shape index (κ1) is 13.8. The highest BCUT2D eigenvalue weighted by Crippen LogP contribution is 2.25. The van der Waals surface area contributed by atoms with Crippen LogP contribution in [0.5, 0.6) is 0 Å². The molecule has 1 atom stereocenters. The van der Waals surface area contributed by atoms with Crippen LogP contribution in [0.15, 0.2) is 42.9 Å². The summed E-state index contributed by atoms with van der Waals surface area (Å²) in [5.74, 6) is 0.644. The molecule has 1 aromatic carbocycles. The zero-order valence-electron chi connectivity index (χ0n) is 12.3. The van der Waals surface area contributed by atoms with E-state index in [0.717, 1.165) is 16.9 Å². The van der Waals surface area contributed by atoms with Gasteiger partial charge in [0.2, 0.25) is 0 Å². The number of imidazole rings is 1. The maximum atomic E-state index is 12.1. The van der Waals surface area contributed by atoms with Crippen LogP contribution in [0.4, 0.5) is 0 Å². The lowest BCUT2D eigenvalue weighted by atomic mass is 10.2. The van der Waals surface area contributed by atoms with Crippen molar-refractivity contribution >= 4 is 16.9 Å². The normalized spacial score (nSPS) is 17.0. The number of nitrogens with one attached hydrogen (secondary N) is 1. The van der Waals surface area contributed by atoms with Crippen LogP contribution in [0, 0.1) is 0 Å². The standard InChI is InChI=1S/C16H15N5O2/c22-16(13-8-17-5-6-18-13)19-7-11-9-23-10-15-20-12-3-1-2-4-14(12)21(11)15/h1-6,8,11H,7,9-10H2,(H,19,22)/t11-/m0/s1. The van der Waals surface area contributed by atoms with Crippen LogP contribution in [-0.2, 0) is 11.3 Å². The van der Waals surface area contributed by atoms with E-state index in [0.29, 0.717) is 25.5 Å². The number of nitrogens with zero attached hydrogens (tertiary/aromatic N) is 4. The van der Waals surface area contributed by atoms with Gasteiger partial charge in [0, 0.05) is 18.9 Å². The van der Waals surface area contributed by atoms with Crippen molar-refractivity contribution in [2.75, 3.05) is 13.2 Å². The smallest absolute Gasteiger partial charge is 0.271 e. The Labute approximate surface area is 132 Å². The molecular formula is C16H15N5O2. The molecule has 4 rings (SSSR count). The minimum atomic E-state index is -0.241. The molecule has 23 heavy (non-hydrogen) atoms. The van der Waals surface area contributed by atoms with Gasteiger partial charge in [0.15, 0.2) is 0 Å². The van der Waals surface area contributed by atoms with Gasteiger partial charge in [-0.25, -0.2) is 9.97 Å². The van der Waals surface area contributed by atoms with E-state index in [1.54, 1.807) is 0 Å². The van der Waals surface area contributed by atoms with Crippen LogP contribution >= 0.6 is 0 Å². The molecule has 7 nitrogen and oxygen atoms in total. The van der Waals surface area contributed by atoms with E-state index in [-0.39, 0.29) is 11.9 Å². The molecule has 3 aromatic rings. The number of aromatic nitrogens is 4. The van der Waals surface area contributed by atoms with Gasteiger partial charge in [-0.3, -0.25) is 9.78 Å². The largest absolute Gasteiger partial charge is 0.371 e. The van der Waals surface area contributed by atoms with E-state index in [1.807, 2.05) is 24.3 Å². The van der Waals surface area contributed by atoms with E-state index < -0.39 is 0 Å². The molecule has 1 aliphatic heterocycles. The second kappa shape index (κ2) is 5.77. The van der Waals surface area contributed by atoms with Crippen molar-refractivity contribution in [3.63, 3.8) is 0 Å². The van der Waals surface area contributed by atoms with Gasteiger partial charge in [0.05, 0.1) is 29.9 Å². The van der Waals surface area contributed by atoms with E-state index in [1.165, 1.54) is 18.6 Å². The molecule has 1 N–H and O–H groups in total. The highest BCUT2D eigenvalue weighted by molar-refractivity contribution is 5.91. The summed E-state index contributed by atoms with van der Waals surface area (Å²) in [5, 5.41) is 2.89. The second-order valence-corrected chi connectivity index (χ2v) is 5.36. The Morgan fingerprint density at radius 1 is 1.35 bits per heavy atom. The number of rotatable bonds is 3. The number of carbonyl (C=O) groups excluding carboxylic acids is 1. The van der Waals surface area contributed by atoms with Crippen molar-refractivity contribution in [2.45, 2.75) is 12.6 Å². The molecule has 3 heterocycles. The molecule has 0 bridgehead atoms. The highest BCUT2D eigenvalue weighted by Gasteiger charge is 2.24. The average Bonchev–Trinajstić information content (AvgIpc) is 2.99. The Morgan fingerprint density at radius 2 is 2.26 bits per heavy atom. The van der Waals surface area contributed by atoms with Crippen molar-refractivity contribution in [2.24, 2.45) is 0 Å². The predicted octanol–water partition coefficient (Wildman–Crippen LogP) is 1.33. The molecule has 0 fully saturated rings. The maximum Gasteiger partial charge on any atom is 0.271 e. The number of para-hydroxylation sites is 2. The molecule has 2 aromatic heterocycles. The lowest BCUT2D eigenvalue weighted by Gasteiger charge is -2.26. The Balaban J connectivity index is 1.56. The Hall–Kier alpha value is -2.80. The third-order valence-electron chi connectivity index (χ3n) is 3.87. The Bertz CT molecular complexity index is 846. The Kier molecular flexibility index (Phi) is 3.47. The zero-order chi connectivity index (χ0) is 15.6. The van der Waals surface area contributed by atoms with E-state index in [2.05, 4.69) is 24.8 Å². The summed E-state index contributed by atoms with van der Waals surface area (Å²) in [7, 11) is 0.